The van der Waals surface area contributed by atoms with E-state index >= 15 is 0 Å². The van der Waals surface area contributed by atoms with E-state index in [1.807, 2.05) is 0 Å². The van der Waals surface area contributed by atoms with Crippen molar-refractivity contribution in [2.24, 2.45) is 0 Å². The van der Waals surface area contributed by atoms with E-state index < -0.39 is 29.5 Å². The minimum atomic E-state index is -1.05. The van der Waals surface area contributed by atoms with Crippen LogP contribution in [0.15, 0.2) is 72.3 Å². The van der Waals surface area contributed by atoms with Crippen LogP contribution in [0.3, 0.4) is 0 Å². The predicted molar refractivity (Wildman–Crippen MR) is 124 cm³/mol. The number of halogens is 2. The molecule has 1 aliphatic rings. The largest absolute Gasteiger partial charge is 0.490 e. The summed E-state index contributed by atoms with van der Waals surface area (Å²) in [6.07, 6.45) is 1.26. The van der Waals surface area contributed by atoms with Crippen molar-refractivity contribution in [2.45, 2.75) is 13.5 Å². The quantitative estimate of drug-likeness (QED) is 0.396. The minimum absolute atomic E-state index is 0.0339. The Morgan fingerprint density at radius 1 is 0.886 bits per heavy atom. The first-order valence-corrected chi connectivity index (χ1v) is 10.7. The Kier molecular flexibility index (Phi) is 6.86. The number of nitrogens with one attached hydrogen (secondary N) is 1. The fraction of sp³-hybridized carbons (Fsp3) is 0.115. The summed E-state index contributed by atoms with van der Waals surface area (Å²) < 4.78 is 39.5. The van der Waals surface area contributed by atoms with Crippen LogP contribution >= 0.6 is 0 Å². The molecular formula is C26H20F2N2O5. The molecule has 0 unspecified atom stereocenters. The minimum Gasteiger partial charge on any atom is -0.490 e. The van der Waals surface area contributed by atoms with Gasteiger partial charge in [-0.3, -0.25) is 14.9 Å². The number of para-hydroxylation sites is 1. The van der Waals surface area contributed by atoms with Crippen molar-refractivity contribution in [1.29, 1.82) is 0 Å². The summed E-state index contributed by atoms with van der Waals surface area (Å²) in [5.74, 6) is -2.43. The van der Waals surface area contributed by atoms with Gasteiger partial charge in [0.05, 0.1) is 12.3 Å². The molecule has 7 nitrogen and oxygen atoms in total. The van der Waals surface area contributed by atoms with Gasteiger partial charge in [0.15, 0.2) is 11.5 Å². The normalized spacial score (nSPS) is 14.8. The number of nitrogens with zero attached hydrogens (tertiary/aromatic N) is 1. The molecule has 0 aromatic heterocycles. The number of carbonyl (C=O) groups is 3. The molecule has 4 rings (SSSR count). The molecule has 4 amide bonds. The Balaban J connectivity index is 1.63. The zero-order valence-corrected chi connectivity index (χ0v) is 18.6. The molecule has 1 saturated heterocycles. The number of barbiturate groups is 1. The molecule has 35 heavy (non-hydrogen) atoms. The predicted octanol–water partition coefficient (Wildman–Crippen LogP) is 4.61. The Morgan fingerprint density at radius 3 is 2.31 bits per heavy atom. The molecular weight excluding hydrogens is 458 g/mol. The molecule has 3 aromatic carbocycles. The lowest BCUT2D eigenvalue weighted by molar-refractivity contribution is -0.122. The summed E-state index contributed by atoms with van der Waals surface area (Å²) in [6, 6.07) is 15.1. The van der Waals surface area contributed by atoms with Gasteiger partial charge < -0.3 is 9.47 Å². The number of anilines is 1. The molecule has 0 bridgehead atoms. The van der Waals surface area contributed by atoms with Crippen molar-refractivity contribution in [2.75, 3.05) is 11.5 Å². The maximum atomic E-state index is 14.2. The Hall–Kier alpha value is -4.53. The molecule has 0 spiro atoms. The second-order valence-corrected chi connectivity index (χ2v) is 7.43. The Labute approximate surface area is 199 Å². The third kappa shape index (κ3) is 5.03. The van der Waals surface area contributed by atoms with Crippen LogP contribution in [-0.2, 0) is 16.2 Å². The van der Waals surface area contributed by atoms with Gasteiger partial charge in [-0.25, -0.2) is 18.5 Å². The van der Waals surface area contributed by atoms with E-state index in [1.54, 1.807) is 37.3 Å². The van der Waals surface area contributed by atoms with Gasteiger partial charge in [0.25, 0.3) is 11.8 Å². The highest BCUT2D eigenvalue weighted by Crippen LogP contribution is 2.31. The molecule has 1 fully saturated rings. The molecule has 1 aliphatic heterocycles. The van der Waals surface area contributed by atoms with Crippen LogP contribution in [0, 0.1) is 11.6 Å². The van der Waals surface area contributed by atoms with Crippen molar-refractivity contribution in [3.63, 3.8) is 0 Å². The average molecular weight is 478 g/mol. The second kappa shape index (κ2) is 10.2. The van der Waals surface area contributed by atoms with E-state index in [0.29, 0.717) is 34.1 Å². The maximum Gasteiger partial charge on any atom is 0.336 e. The van der Waals surface area contributed by atoms with Crippen molar-refractivity contribution >= 4 is 29.6 Å². The first kappa shape index (κ1) is 23.6. The zero-order chi connectivity index (χ0) is 24.9. The first-order chi connectivity index (χ1) is 16.9. The fourth-order valence-electron chi connectivity index (χ4n) is 3.45. The van der Waals surface area contributed by atoms with Gasteiger partial charge in [0.2, 0.25) is 0 Å². The third-order valence-electron chi connectivity index (χ3n) is 5.11. The van der Waals surface area contributed by atoms with Gasteiger partial charge in [-0.1, -0.05) is 36.4 Å². The highest BCUT2D eigenvalue weighted by molar-refractivity contribution is 6.39. The summed E-state index contributed by atoms with van der Waals surface area (Å²) in [7, 11) is 0. The summed E-state index contributed by atoms with van der Waals surface area (Å²) in [5.41, 5.74) is 0.118. The summed E-state index contributed by atoms with van der Waals surface area (Å²) >= 11 is 0. The summed E-state index contributed by atoms with van der Waals surface area (Å²) in [5, 5.41) is 2.05. The van der Waals surface area contributed by atoms with Gasteiger partial charge in [-0.05, 0) is 48.9 Å². The van der Waals surface area contributed by atoms with Crippen molar-refractivity contribution < 1.29 is 32.6 Å². The maximum absolute atomic E-state index is 14.2. The van der Waals surface area contributed by atoms with E-state index in [0.717, 1.165) is 6.07 Å². The van der Waals surface area contributed by atoms with Gasteiger partial charge in [-0.2, -0.15) is 0 Å². The number of rotatable bonds is 7. The Morgan fingerprint density at radius 2 is 1.60 bits per heavy atom. The van der Waals surface area contributed by atoms with Crippen LogP contribution in [0.25, 0.3) is 6.08 Å². The van der Waals surface area contributed by atoms with Gasteiger partial charge in [0, 0.05) is 5.56 Å². The lowest BCUT2D eigenvalue weighted by Gasteiger charge is -2.26. The highest BCUT2D eigenvalue weighted by atomic mass is 19.1. The van der Waals surface area contributed by atoms with E-state index in [-0.39, 0.29) is 17.9 Å². The van der Waals surface area contributed by atoms with Crippen LogP contribution in [0.2, 0.25) is 0 Å². The Bertz CT molecular complexity index is 1340. The first-order valence-electron chi connectivity index (χ1n) is 10.7. The number of benzene rings is 3. The molecule has 3 aromatic rings. The van der Waals surface area contributed by atoms with Crippen LogP contribution in [0.5, 0.6) is 11.5 Å². The smallest absolute Gasteiger partial charge is 0.336 e. The van der Waals surface area contributed by atoms with Crippen LogP contribution in [-0.4, -0.2) is 24.5 Å². The molecule has 178 valence electrons. The molecule has 1 heterocycles. The van der Waals surface area contributed by atoms with Crippen molar-refractivity contribution in [3.05, 3.63) is 95.1 Å². The van der Waals surface area contributed by atoms with Crippen LogP contribution in [0.1, 0.15) is 18.1 Å². The summed E-state index contributed by atoms with van der Waals surface area (Å²) in [6.45, 7) is 2.03. The SMILES string of the molecule is CCOc1cc(/C=C2/C(=O)NC(=O)N(c3ccccc3F)C2=O)ccc1OCc1ccccc1F. The average Bonchev–Trinajstić information content (AvgIpc) is 2.83. The zero-order valence-electron chi connectivity index (χ0n) is 18.6. The van der Waals surface area contributed by atoms with E-state index in [4.69, 9.17) is 9.47 Å². The fourth-order valence-corrected chi connectivity index (χ4v) is 3.45. The molecule has 0 aliphatic carbocycles. The van der Waals surface area contributed by atoms with Crippen molar-refractivity contribution in [1.82, 2.24) is 5.32 Å². The number of urea groups is 1. The van der Waals surface area contributed by atoms with Gasteiger partial charge in [0.1, 0.15) is 23.8 Å². The van der Waals surface area contributed by atoms with Crippen LogP contribution in [0.4, 0.5) is 19.3 Å². The number of hydrogen-bond donors (Lipinski definition) is 1. The van der Waals surface area contributed by atoms with Gasteiger partial charge in [-0.15, -0.1) is 0 Å². The lowest BCUT2D eigenvalue weighted by atomic mass is 10.1. The molecule has 0 atom stereocenters. The third-order valence-corrected chi connectivity index (χ3v) is 5.11. The number of imide groups is 2. The van der Waals surface area contributed by atoms with E-state index in [1.165, 1.54) is 36.4 Å². The molecule has 0 saturated carbocycles. The standard InChI is InChI=1S/C26H20F2N2O5/c1-2-34-23-14-16(11-12-22(23)35-15-17-7-3-4-8-19(17)27)13-18-24(31)29-26(33)30(25(18)32)21-10-6-5-9-20(21)28/h3-14H,2,15H2,1H3,(H,29,31,33)/b18-13-. The number of amides is 4. The summed E-state index contributed by atoms with van der Waals surface area (Å²) in [4.78, 5) is 38.3. The number of ether oxygens (including phenoxy) is 2. The van der Waals surface area contributed by atoms with E-state index in [2.05, 4.69) is 5.32 Å². The number of carbonyl (C=O) groups excluding carboxylic acids is 3. The highest BCUT2D eigenvalue weighted by Gasteiger charge is 2.38. The van der Waals surface area contributed by atoms with E-state index in [9.17, 15) is 23.2 Å². The van der Waals surface area contributed by atoms with Gasteiger partial charge >= 0.3 is 6.03 Å². The second-order valence-electron chi connectivity index (χ2n) is 7.43. The number of hydrogen-bond acceptors (Lipinski definition) is 5. The topological polar surface area (TPSA) is 84.9 Å². The lowest BCUT2D eigenvalue weighted by Crippen LogP contribution is -2.54. The van der Waals surface area contributed by atoms with Crippen molar-refractivity contribution in [3.8, 4) is 11.5 Å². The molecule has 0 radical (unpaired) electrons. The van der Waals surface area contributed by atoms with Crippen LogP contribution < -0.4 is 19.7 Å². The monoisotopic (exact) mass is 478 g/mol. The molecule has 9 heteroatoms. The molecule has 1 N–H and O–H groups in total.